The predicted molar refractivity (Wildman–Crippen MR) is 104 cm³/mol. The van der Waals surface area contributed by atoms with Gasteiger partial charge in [0.25, 0.3) is 5.91 Å². The summed E-state index contributed by atoms with van der Waals surface area (Å²) >= 11 is 2.14. The highest BCUT2D eigenvalue weighted by Gasteiger charge is 2.17. The molecule has 0 aliphatic rings. The van der Waals surface area contributed by atoms with Crippen LogP contribution in [0, 0.1) is 3.57 Å². The number of ether oxygens (including phenoxy) is 2. The molecule has 0 fully saturated rings. The number of nitrogens with one attached hydrogen (secondary N) is 1. The van der Waals surface area contributed by atoms with Crippen molar-refractivity contribution >= 4 is 28.5 Å². The second-order valence-electron chi connectivity index (χ2n) is 5.59. The minimum absolute atomic E-state index is 0.0848. The number of amides is 1. The third-order valence-corrected chi connectivity index (χ3v) is 4.70. The highest BCUT2D eigenvalue weighted by molar-refractivity contribution is 14.1. The zero-order valence-corrected chi connectivity index (χ0v) is 16.3. The van der Waals surface area contributed by atoms with Gasteiger partial charge in [0.05, 0.1) is 19.8 Å². The van der Waals surface area contributed by atoms with Gasteiger partial charge < -0.3 is 14.8 Å². The first-order chi connectivity index (χ1) is 11.5. The number of halogens is 1. The fourth-order valence-corrected chi connectivity index (χ4v) is 3.11. The molecule has 5 heteroatoms. The van der Waals surface area contributed by atoms with Gasteiger partial charge in [0.2, 0.25) is 0 Å². The molecular formula is C19H22INO3. The molecule has 2 aromatic rings. The molecule has 0 saturated carbocycles. The number of hydrogen-bond donors (Lipinski definition) is 1. The highest BCUT2D eigenvalue weighted by Crippen LogP contribution is 2.31. The van der Waals surface area contributed by atoms with E-state index in [1.165, 1.54) is 5.56 Å². The van der Waals surface area contributed by atoms with Gasteiger partial charge >= 0.3 is 0 Å². The Morgan fingerprint density at radius 1 is 1.12 bits per heavy atom. The molecule has 0 heterocycles. The van der Waals surface area contributed by atoms with Crippen molar-refractivity contribution in [1.82, 2.24) is 5.32 Å². The van der Waals surface area contributed by atoms with E-state index in [4.69, 9.17) is 9.47 Å². The minimum atomic E-state index is -0.0964. The van der Waals surface area contributed by atoms with Crippen LogP contribution in [0.5, 0.6) is 11.5 Å². The van der Waals surface area contributed by atoms with E-state index in [1.54, 1.807) is 20.3 Å². The Hall–Kier alpha value is -1.76. The van der Waals surface area contributed by atoms with Crippen molar-refractivity contribution in [3.8, 4) is 11.5 Å². The van der Waals surface area contributed by atoms with Crippen molar-refractivity contribution in [3.63, 3.8) is 0 Å². The lowest BCUT2D eigenvalue weighted by atomic mass is 10.1. The fraction of sp³-hybridized carbons (Fsp3) is 0.316. The van der Waals surface area contributed by atoms with Crippen LogP contribution in [0.3, 0.4) is 0 Å². The summed E-state index contributed by atoms with van der Waals surface area (Å²) in [5.41, 5.74) is 1.87. The van der Waals surface area contributed by atoms with Crippen molar-refractivity contribution in [2.24, 2.45) is 0 Å². The van der Waals surface area contributed by atoms with Crippen molar-refractivity contribution in [2.75, 3.05) is 14.2 Å². The van der Waals surface area contributed by atoms with E-state index < -0.39 is 0 Å². The van der Waals surface area contributed by atoms with Gasteiger partial charge in [0.15, 0.2) is 11.5 Å². The molecule has 1 atom stereocenters. The first kappa shape index (κ1) is 18.6. The molecule has 0 aliphatic carbocycles. The van der Waals surface area contributed by atoms with Crippen LogP contribution < -0.4 is 14.8 Å². The predicted octanol–water partition coefficient (Wildman–Crippen LogP) is 4.06. The van der Waals surface area contributed by atoms with Gasteiger partial charge in [-0.25, -0.2) is 0 Å². The van der Waals surface area contributed by atoms with Crippen molar-refractivity contribution < 1.29 is 14.3 Å². The Morgan fingerprint density at radius 3 is 2.38 bits per heavy atom. The Balaban J connectivity index is 2.01. The van der Waals surface area contributed by atoms with Crippen LogP contribution in [0.2, 0.25) is 0 Å². The summed E-state index contributed by atoms with van der Waals surface area (Å²) in [5.74, 6) is 1.08. The topological polar surface area (TPSA) is 47.6 Å². The third-order valence-electron chi connectivity index (χ3n) is 3.80. The van der Waals surface area contributed by atoms with Crippen molar-refractivity contribution in [1.29, 1.82) is 0 Å². The van der Waals surface area contributed by atoms with Crippen LogP contribution >= 0.6 is 22.6 Å². The largest absolute Gasteiger partial charge is 0.493 e. The quantitative estimate of drug-likeness (QED) is 0.663. The number of benzene rings is 2. The second-order valence-corrected chi connectivity index (χ2v) is 6.75. The molecule has 0 aromatic heterocycles. The van der Waals surface area contributed by atoms with Crippen molar-refractivity contribution in [3.05, 3.63) is 57.2 Å². The Labute approximate surface area is 156 Å². The van der Waals surface area contributed by atoms with E-state index in [9.17, 15) is 4.79 Å². The molecule has 4 nitrogen and oxygen atoms in total. The van der Waals surface area contributed by atoms with Crippen LogP contribution in [-0.2, 0) is 6.42 Å². The Bertz CT molecular complexity index is 689. The van der Waals surface area contributed by atoms with Crippen LogP contribution in [0.1, 0.15) is 29.3 Å². The van der Waals surface area contributed by atoms with Crippen molar-refractivity contribution in [2.45, 2.75) is 25.8 Å². The average molecular weight is 439 g/mol. The lowest BCUT2D eigenvalue weighted by Gasteiger charge is -2.16. The van der Waals surface area contributed by atoms with Crippen LogP contribution in [0.25, 0.3) is 0 Å². The van der Waals surface area contributed by atoms with Gasteiger partial charge in [-0.3, -0.25) is 4.79 Å². The lowest BCUT2D eigenvalue weighted by Crippen LogP contribution is -2.33. The molecule has 0 saturated heterocycles. The van der Waals surface area contributed by atoms with Gasteiger partial charge in [0.1, 0.15) is 0 Å². The van der Waals surface area contributed by atoms with E-state index in [0.717, 1.165) is 16.4 Å². The standard InChI is InChI=1S/C19H22INO3/c1-13(9-10-14-7-5-4-6-8-14)21-19(22)15-11-17(23-2)18(24-3)12-16(15)20/h4-8,11-13H,9-10H2,1-3H3,(H,21,22). The zero-order valence-electron chi connectivity index (χ0n) is 14.1. The summed E-state index contributed by atoms with van der Waals surface area (Å²) in [6.07, 6.45) is 1.82. The SMILES string of the molecule is COc1cc(I)c(C(=O)NC(C)CCc2ccccc2)cc1OC. The maximum absolute atomic E-state index is 12.5. The summed E-state index contributed by atoms with van der Waals surface area (Å²) in [6.45, 7) is 2.02. The maximum Gasteiger partial charge on any atom is 0.252 e. The summed E-state index contributed by atoms with van der Waals surface area (Å²) in [7, 11) is 3.15. The molecule has 1 amide bonds. The maximum atomic E-state index is 12.5. The Kier molecular flexibility index (Phi) is 6.90. The number of rotatable bonds is 7. The van der Waals surface area contributed by atoms with Crippen LogP contribution in [-0.4, -0.2) is 26.2 Å². The first-order valence-corrected chi connectivity index (χ1v) is 8.89. The molecule has 1 unspecified atom stereocenters. The number of carbonyl (C=O) groups is 1. The van der Waals surface area contributed by atoms with Gasteiger partial charge in [-0.1, -0.05) is 30.3 Å². The van der Waals surface area contributed by atoms with E-state index >= 15 is 0 Å². The first-order valence-electron chi connectivity index (χ1n) is 7.81. The van der Waals surface area contributed by atoms with Gasteiger partial charge in [-0.15, -0.1) is 0 Å². The molecule has 0 bridgehead atoms. The lowest BCUT2D eigenvalue weighted by molar-refractivity contribution is 0.0937. The average Bonchev–Trinajstić information content (AvgIpc) is 2.60. The molecule has 128 valence electrons. The van der Waals surface area contributed by atoms with E-state index in [1.807, 2.05) is 31.2 Å². The number of hydrogen-bond acceptors (Lipinski definition) is 3. The van der Waals surface area contributed by atoms with Gasteiger partial charge in [-0.05, 0) is 60.1 Å². The summed E-state index contributed by atoms with van der Waals surface area (Å²) in [4.78, 5) is 12.5. The smallest absolute Gasteiger partial charge is 0.252 e. The second kappa shape index (κ2) is 8.92. The monoisotopic (exact) mass is 439 g/mol. The molecule has 24 heavy (non-hydrogen) atoms. The van der Waals surface area contributed by atoms with E-state index in [2.05, 4.69) is 40.0 Å². The van der Waals surface area contributed by atoms with E-state index in [-0.39, 0.29) is 11.9 Å². The summed E-state index contributed by atoms with van der Waals surface area (Å²) in [5, 5.41) is 3.06. The minimum Gasteiger partial charge on any atom is -0.493 e. The fourth-order valence-electron chi connectivity index (χ4n) is 2.43. The molecule has 0 spiro atoms. The molecule has 0 aliphatic heterocycles. The van der Waals surface area contributed by atoms with E-state index in [0.29, 0.717) is 17.1 Å². The number of carbonyl (C=O) groups excluding carboxylic acids is 1. The van der Waals surface area contributed by atoms with Crippen LogP contribution in [0.4, 0.5) is 0 Å². The number of methoxy groups -OCH3 is 2. The molecule has 2 aromatic carbocycles. The summed E-state index contributed by atoms with van der Waals surface area (Å²) < 4.78 is 11.4. The zero-order chi connectivity index (χ0) is 17.5. The third kappa shape index (κ3) is 4.87. The van der Waals surface area contributed by atoms with Gasteiger partial charge in [0, 0.05) is 9.61 Å². The normalized spacial score (nSPS) is 11.7. The van der Waals surface area contributed by atoms with Crippen LogP contribution in [0.15, 0.2) is 42.5 Å². The number of aryl methyl sites for hydroxylation is 1. The molecule has 0 radical (unpaired) electrons. The molecule has 1 N–H and O–H groups in total. The van der Waals surface area contributed by atoms with Gasteiger partial charge in [-0.2, -0.15) is 0 Å². The molecule has 2 rings (SSSR count). The summed E-state index contributed by atoms with van der Waals surface area (Å²) in [6, 6.07) is 13.9. The molecular weight excluding hydrogens is 417 g/mol. The Morgan fingerprint density at radius 2 is 1.75 bits per heavy atom. The highest BCUT2D eigenvalue weighted by atomic mass is 127.